The first kappa shape index (κ1) is 17.3. The Kier molecular flexibility index (Phi) is 5.98. The van der Waals surface area contributed by atoms with E-state index in [0.29, 0.717) is 11.5 Å². The number of aryl methyl sites for hydroxylation is 1. The summed E-state index contributed by atoms with van der Waals surface area (Å²) < 4.78 is 4.99. The third-order valence-electron chi connectivity index (χ3n) is 3.30. The lowest BCUT2D eigenvalue weighted by molar-refractivity contribution is -0.146. The molecule has 0 N–H and O–H groups in total. The second-order valence-corrected chi connectivity index (χ2v) is 6.25. The van der Waals surface area contributed by atoms with E-state index in [4.69, 9.17) is 4.74 Å². The van der Waals surface area contributed by atoms with Gasteiger partial charge >= 0.3 is 5.97 Å². The van der Waals surface area contributed by atoms with Gasteiger partial charge in [0.2, 0.25) is 0 Å². The number of carbonyl (C=O) groups excluding carboxylic acids is 3. The Hall–Kier alpha value is -2.08. The Morgan fingerprint density at radius 1 is 1.26 bits per heavy atom. The average Bonchev–Trinajstić information content (AvgIpc) is 2.77. The molecule has 1 saturated heterocycles. The van der Waals surface area contributed by atoms with Crippen LogP contribution < -0.4 is 0 Å². The summed E-state index contributed by atoms with van der Waals surface area (Å²) in [6.07, 6.45) is 3.34. The van der Waals surface area contributed by atoms with Gasteiger partial charge in [-0.05, 0) is 36.7 Å². The van der Waals surface area contributed by atoms with Crippen LogP contribution in [-0.4, -0.2) is 35.2 Å². The van der Waals surface area contributed by atoms with Crippen LogP contribution in [0.15, 0.2) is 29.2 Å². The smallest absolute Gasteiger partial charge is 0.326 e. The van der Waals surface area contributed by atoms with Gasteiger partial charge in [-0.15, -0.1) is 0 Å². The lowest BCUT2D eigenvalue weighted by Gasteiger charge is -2.11. The predicted molar refractivity (Wildman–Crippen MR) is 89.7 cm³/mol. The standard InChI is InChI=1S/C17H19NO4S/c1-3-4-9-22-15(19)11-18-16(20)14(23-17(18)21)10-13-7-5-12(2)6-8-13/h5-8,10H,3-4,9,11H2,1-2H3/b14-10+. The molecule has 6 heteroatoms. The van der Waals surface area contributed by atoms with Crippen LogP contribution >= 0.6 is 11.8 Å². The van der Waals surface area contributed by atoms with Crippen molar-refractivity contribution in [3.05, 3.63) is 40.3 Å². The van der Waals surface area contributed by atoms with E-state index in [9.17, 15) is 14.4 Å². The molecule has 5 nitrogen and oxygen atoms in total. The molecule has 23 heavy (non-hydrogen) atoms. The van der Waals surface area contributed by atoms with Crippen molar-refractivity contribution in [1.82, 2.24) is 4.90 Å². The van der Waals surface area contributed by atoms with Crippen LogP contribution in [0.25, 0.3) is 6.08 Å². The molecule has 2 amide bonds. The van der Waals surface area contributed by atoms with Crippen molar-refractivity contribution < 1.29 is 19.1 Å². The monoisotopic (exact) mass is 333 g/mol. The summed E-state index contributed by atoms with van der Waals surface area (Å²) in [5, 5.41) is -0.444. The second-order valence-electron chi connectivity index (χ2n) is 5.25. The highest BCUT2D eigenvalue weighted by atomic mass is 32.2. The lowest BCUT2D eigenvalue weighted by atomic mass is 10.1. The minimum Gasteiger partial charge on any atom is -0.464 e. The Morgan fingerprint density at radius 2 is 1.96 bits per heavy atom. The Labute approximate surface area is 139 Å². The molecule has 0 aliphatic carbocycles. The minimum absolute atomic E-state index is 0.310. The summed E-state index contributed by atoms with van der Waals surface area (Å²) >= 11 is 0.842. The fourth-order valence-corrected chi connectivity index (χ4v) is 2.79. The second kappa shape index (κ2) is 7.97. The Morgan fingerprint density at radius 3 is 2.61 bits per heavy atom. The van der Waals surface area contributed by atoms with Crippen LogP contribution in [0, 0.1) is 6.92 Å². The van der Waals surface area contributed by atoms with Crippen molar-refractivity contribution >= 4 is 35.0 Å². The third-order valence-corrected chi connectivity index (χ3v) is 4.20. The van der Waals surface area contributed by atoms with Gasteiger partial charge in [0.15, 0.2) is 0 Å². The quantitative estimate of drug-likeness (QED) is 0.454. The number of nitrogens with zero attached hydrogens (tertiary/aromatic N) is 1. The van der Waals surface area contributed by atoms with Gasteiger partial charge in [0.25, 0.3) is 11.1 Å². The van der Waals surface area contributed by atoms with Crippen LogP contribution in [0.3, 0.4) is 0 Å². The lowest BCUT2D eigenvalue weighted by Crippen LogP contribution is -2.34. The summed E-state index contributed by atoms with van der Waals surface area (Å²) in [6.45, 7) is 3.94. The number of hydrogen-bond donors (Lipinski definition) is 0. The molecule has 0 spiro atoms. The fourth-order valence-electron chi connectivity index (χ4n) is 1.96. The zero-order valence-corrected chi connectivity index (χ0v) is 14.0. The number of esters is 1. The normalized spacial score (nSPS) is 16.3. The maximum absolute atomic E-state index is 12.3. The minimum atomic E-state index is -0.558. The number of unbranched alkanes of at least 4 members (excludes halogenated alkanes) is 1. The molecular weight excluding hydrogens is 314 g/mol. The molecule has 0 saturated carbocycles. The highest BCUT2D eigenvalue weighted by Gasteiger charge is 2.36. The molecule has 1 aliphatic rings. The summed E-state index contributed by atoms with van der Waals surface area (Å²) in [5.74, 6) is -1.01. The maximum atomic E-state index is 12.3. The predicted octanol–water partition coefficient (Wildman–Crippen LogP) is 3.37. The first-order valence-electron chi connectivity index (χ1n) is 7.49. The van der Waals surface area contributed by atoms with Gasteiger partial charge in [-0.1, -0.05) is 43.2 Å². The van der Waals surface area contributed by atoms with E-state index in [-0.39, 0.29) is 6.54 Å². The van der Waals surface area contributed by atoms with Gasteiger partial charge in [0, 0.05) is 0 Å². The van der Waals surface area contributed by atoms with E-state index < -0.39 is 17.1 Å². The van der Waals surface area contributed by atoms with Gasteiger partial charge in [-0.25, -0.2) is 0 Å². The molecule has 1 fully saturated rings. The molecule has 0 atom stereocenters. The molecule has 0 bridgehead atoms. The van der Waals surface area contributed by atoms with Gasteiger partial charge in [-0.2, -0.15) is 0 Å². The van der Waals surface area contributed by atoms with Gasteiger partial charge in [-0.3, -0.25) is 19.3 Å². The number of rotatable bonds is 6. The topological polar surface area (TPSA) is 63.7 Å². The molecule has 0 aromatic heterocycles. The molecule has 2 rings (SSSR count). The van der Waals surface area contributed by atoms with Crippen molar-refractivity contribution in [2.75, 3.05) is 13.2 Å². The van der Waals surface area contributed by atoms with Crippen molar-refractivity contribution in [1.29, 1.82) is 0 Å². The van der Waals surface area contributed by atoms with Crippen LogP contribution in [0.1, 0.15) is 30.9 Å². The zero-order valence-electron chi connectivity index (χ0n) is 13.2. The van der Waals surface area contributed by atoms with Gasteiger partial charge in [0.05, 0.1) is 11.5 Å². The van der Waals surface area contributed by atoms with E-state index in [1.54, 1.807) is 6.08 Å². The molecule has 0 radical (unpaired) electrons. The summed E-state index contributed by atoms with van der Waals surface area (Å²) in [5.41, 5.74) is 1.96. The fraction of sp³-hybridized carbons (Fsp3) is 0.353. The molecule has 1 aromatic rings. The van der Waals surface area contributed by atoms with Crippen molar-refractivity contribution in [3.63, 3.8) is 0 Å². The highest BCUT2D eigenvalue weighted by Crippen LogP contribution is 2.32. The van der Waals surface area contributed by atoms with Crippen molar-refractivity contribution in [2.45, 2.75) is 26.7 Å². The largest absolute Gasteiger partial charge is 0.464 e. The number of thioether (sulfide) groups is 1. The SMILES string of the molecule is CCCCOC(=O)CN1C(=O)S/C(=C/c2ccc(C)cc2)C1=O. The number of carbonyl (C=O) groups is 3. The Balaban J connectivity index is 2.02. The first-order valence-corrected chi connectivity index (χ1v) is 8.30. The Bertz CT molecular complexity index is 636. The average molecular weight is 333 g/mol. The van der Waals surface area contributed by atoms with Gasteiger partial charge < -0.3 is 4.74 Å². The maximum Gasteiger partial charge on any atom is 0.326 e. The molecule has 122 valence electrons. The number of hydrogen-bond acceptors (Lipinski definition) is 5. The summed E-state index contributed by atoms with van der Waals surface area (Å²) in [4.78, 5) is 37.1. The zero-order chi connectivity index (χ0) is 16.8. The number of amides is 2. The highest BCUT2D eigenvalue weighted by molar-refractivity contribution is 8.18. The van der Waals surface area contributed by atoms with Crippen LogP contribution in [-0.2, 0) is 14.3 Å². The number of ether oxygens (including phenoxy) is 1. The number of benzene rings is 1. The number of imide groups is 1. The summed E-state index contributed by atoms with van der Waals surface area (Å²) in [7, 11) is 0. The van der Waals surface area contributed by atoms with Crippen molar-refractivity contribution in [2.24, 2.45) is 0 Å². The third kappa shape index (κ3) is 4.69. The molecular formula is C17H19NO4S. The molecule has 0 unspecified atom stereocenters. The van der Waals surface area contributed by atoms with E-state index in [2.05, 4.69) is 0 Å². The van der Waals surface area contributed by atoms with Gasteiger partial charge in [0.1, 0.15) is 6.54 Å². The molecule has 1 aliphatic heterocycles. The molecule has 1 heterocycles. The van der Waals surface area contributed by atoms with E-state index in [1.807, 2.05) is 38.1 Å². The van der Waals surface area contributed by atoms with E-state index in [1.165, 1.54) is 0 Å². The van der Waals surface area contributed by atoms with Crippen LogP contribution in [0.4, 0.5) is 4.79 Å². The first-order chi connectivity index (χ1) is 11.0. The van der Waals surface area contributed by atoms with E-state index >= 15 is 0 Å². The molecule has 1 aromatic carbocycles. The van der Waals surface area contributed by atoms with E-state index in [0.717, 1.165) is 40.6 Å². The van der Waals surface area contributed by atoms with Crippen LogP contribution in [0.5, 0.6) is 0 Å². The van der Waals surface area contributed by atoms with Crippen molar-refractivity contribution in [3.8, 4) is 0 Å². The van der Waals surface area contributed by atoms with Crippen LogP contribution in [0.2, 0.25) is 0 Å². The summed E-state index contributed by atoms with van der Waals surface area (Å²) in [6, 6.07) is 7.62.